The molecule has 1 aromatic rings. The number of piperidine rings is 1. The summed E-state index contributed by atoms with van der Waals surface area (Å²) in [5.41, 5.74) is 0.977. The van der Waals surface area contributed by atoms with Crippen molar-refractivity contribution in [2.24, 2.45) is 17.8 Å². The predicted molar refractivity (Wildman–Crippen MR) is 103 cm³/mol. The zero-order chi connectivity index (χ0) is 20.4. The van der Waals surface area contributed by atoms with Gasteiger partial charge in [0.05, 0.1) is 12.5 Å². The van der Waals surface area contributed by atoms with Crippen LogP contribution < -0.4 is 5.32 Å². The number of ether oxygens (including phenoxy) is 1. The van der Waals surface area contributed by atoms with Crippen molar-refractivity contribution < 1.29 is 22.7 Å². The molecule has 7 heteroatoms. The molecular weight excluding hydrogens is 381 g/mol. The predicted octanol–water partition coefficient (Wildman–Crippen LogP) is 3.76. The number of benzene rings is 1. The Morgan fingerprint density at radius 3 is 2.45 bits per heavy atom. The topological polar surface area (TPSA) is 41.6 Å². The fourth-order valence-electron chi connectivity index (χ4n) is 5.48. The van der Waals surface area contributed by atoms with Crippen LogP contribution >= 0.6 is 0 Å². The van der Waals surface area contributed by atoms with Crippen LogP contribution in [0.5, 0.6) is 0 Å². The minimum Gasteiger partial charge on any atom is -0.461 e. The number of hydrogen-bond acceptors (Lipinski definition) is 4. The number of fused-ring (bicyclic) bond motifs is 2. The van der Waals surface area contributed by atoms with Crippen molar-refractivity contribution in [1.29, 1.82) is 0 Å². The normalized spacial score (nSPS) is 30.6. The van der Waals surface area contributed by atoms with Gasteiger partial charge >= 0.3 is 12.1 Å². The smallest absolute Gasteiger partial charge is 0.401 e. The van der Waals surface area contributed by atoms with Gasteiger partial charge in [0.2, 0.25) is 0 Å². The molecule has 160 valence electrons. The Hall–Kier alpha value is -1.60. The first-order chi connectivity index (χ1) is 13.9. The van der Waals surface area contributed by atoms with Crippen molar-refractivity contribution in [2.75, 3.05) is 19.6 Å². The number of likely N-dealkylation sites (tertiary alicyclic amines) is 1. The van der Waals surface area contributed by atoms with E-state index in [1.807, 2.05) is 30.3 Å². The zero-order valence-corrected chi connectivity index (χ0v) is 16.5. The zero-order valence-electron chi connectivity index (χ0n) is 16.5. The Morgan fingerprint density at radius 1 is 1.07 bits per heavy atom. The fraction of sp³-hybridized carbons (Fsp3) is 0.682. The summed E-state index contributed by atoms with van der Waals surface area (Å²) in [5, 5.41) is 3.65. The third kappa shape index (κ3) is 5.12. The van der Waals surface area contributed by atoms with Gasteiger partial charge in [-0.3, -0.25) is 9.69 Å². The van der Waals surface area contributed by atoms with E-state index in [9.17, 15) is 18.0 Å². The number of carbonyl (C=O) groups excluding carboxylic acids is 1. The highest BCUT2D eigenvalue weighted by Gasteiger charge is 2.52. The molecule has 1 heterocycles. The van der Waals surface area contributed by atoms with E-state index in [-0.39, 0.29) is 30.6 Å². The van der Waals surface area contributed by atoms with Gasteiger partial charge in [-0.2, -0.15) is 13.2 Å². The average molecular weight is 410 g/mol. The highest BCUT2D eigenvalue weighted by Crippen LogP contribution is 2.49. The van der Waals surface area contributed by atoms with E-state index in [0.29, 0.717) is 37.8 Å². The lowest BCUT2D eigenvalue weighted by Gasteiger charge is -2.38. The van der Waals surface area contributed by atoms with Crippen LogP contribution in [0.2, 0.25) is 0 Å². The number of esters is 1. The Morgan fingerprint density at radius 2 is 1.76 bits per heavy atom. The van der Waals surface area contributed by atoms with Crippen LogP contribution in [0.25, 0.3) is 0 Å². The van der Waals surface area contributed by atoms with Gasteiger partial charge in [-0.15, -0.1) is 0 Å². The van der Waals surface area contributed by atoms with Crippen molar-refractivity contribution in [1.82, 2.24) is 10.2 Å². The van der Waals surface area contributed by atoms with Gasteiger partial charge in [-0.05, 0) is 62.6 Å². The molecule has 1 aromatic carbocycles. The monoisotopic (exact) mass is 410 g/mol. The minimum atomic E-state index is -4.14. The molecule has 0 radical (unpaired) electrons. The maximum absolute atomic E-state index is 12.9. The largest absolute Gasteiger partial charge is 0.461 e. The van der Waals surface area contributed by atoms with E-state index in [4.69, 9.17) is 4.74 Å². The summed E-state index contributed by atoms with van der Waals surface area (Å²) < 4.78 is 43.4. The summed E-state index contributed by atoms with van der Waals surface area (Å²) in [6.45, 7) is 0.348. The van der Waals surface area contributed by atoms with Crippen LogP contribution in [0, 0.1) is 17.8 Å². The number of hydrogen-bond donors (Lipinski definition) is 1. The van der Waals surface area contributed by atoms with Crippen molar-refractivity contribution >= 4 is 5.97 Å². The maximum atomic E-state index is 12.9. The van der Waals surface area contributed by atoms with Crippen LogP contribution in [0.3, 0.4) is 0 Å². The molecule has 1 saturated heterocycles. The van der Waals surface area contributed by atoms with Gasteiger partial charge in [-0.1, -0.05) is 30.3 Å². The molecule has 1 N–H and O–H groups in total. The number of nitrogens with one attached hydrogen (secondary N) is 1. The molecular formula is C22H29F3N2O2. The molecule has 0 unspecified atom stereocenters. The molecule has 3 fully saturated rings. The quantitative estimate of drug-likeness (QED) is 0.725. The van der Waals surface area contributed by atoms with Crippen molar-refractivity contribution in [3.8, 4) is 0 Å². The lowest BCUT2D eigenvalue weighted by atomic mass is 9.83. The Bertz CT molecular complexity index is 689. The molecule has 0 spiro atoms. The van der Waals surface area contributed by atoms with Gasteiger partial charge in [0.15, 0.2) is 0 Å². The standard InChI is InChI=1S/C22H29F3N2O2/c23-22(24,25)14-27-10-8-18(9-11-27)26-20-17-7-6-16(12-17)19(20)21(28)29-13-15-4-2-1-3-5-15/h1-5,16-20,26H,6-14H2/t16-,17-,19-,20-/m0/s1. The SMILES string of the molecule is O=C(OCc1ccccc1)[C@H]1[C@H]2CC[C@@H](C2)[C@@H]1NC1CCN(CC(F)(F)F)CC1. The van der Waals surface area contributed by atoms with Crippen molar-refractivity contribution in [3.05, 3.63) is 35.9 Å². The Labute approximate surface area is 169 Å². The third-order valence-electron chi connectivity index (χ3n) is 6.83. The van der Waals surface area contributed by atoms with E-state index >= 15 is 0 Å². The first-order valence-electron chi connectivity index (χ1n) is 10.6. The van der Waals surface area contributed by atoms with Gasteiger partial charge in [0.1, 0.15) is 6.61 Å². The number of halogens is 3. The summed E-state index contributed by atoms with van der Waals surface area (Å²) >= 11 is 0. The highest BCUT2D eigenvalue weighted by atomic mass is 19.4. The maximum Gasteiger partial charge on any atom is 0.401 e. The van der Waals surface area contributed by atoms with Gasteiger partial charge < -0.3 is 10.1 Å². The molecule has 2 aliphatic carbocycles. The van der Waals surface area contributed by atoms with E-state index < -0.39 is 12.7 Å². The molecule has 4 rings (SSSR count). The van der Waals surface area contributed by atoms with E-state index in [2.05, 4.69) is 5.32 Å². The molecule has 0 amide bonds. The van der Waals surface area contributed by atoms with Gasteiger partial charge in [0, 0.05) is 12.1 Å². The second-order valence-electron chi connectivity index (χ2n) is 8.81. The summed E-state index contributed by atoms with van der Waals surface area (Å²) in [4.78, 5) is 14.4. The minimum absolute atomic E-state index is 0.0937. The number of alkyl halides is 3. The molecule has 2 bridgehead atoms. The number of rotatable bonds is 6. The fourth-order valence-corrected chi connectivity index (χ4v) is 5.48. The van der Waals surface area contributed by atoms with Crippen molar-refractivity contribution in [3.63, 3.8) is 0 Å². The molecule has 0 aromatic heterocycles. The van der Waals surface area contributed by atoms with Crippen LogP contribution in [0.1, 0.15) is 37.7 Å². The van der Waals surface area contributed by atoms with Gasteiger partial charge in [-0.25, -0.2) is 0 Å². The molecule has 1 aliphatic heterocycles. The second kappa shape index (κ2) is 8.64. The van der Waals surface area contributed by atoms with Crippen LogP contribution in [-0.4, -0.2) is 48.8 Å². The lowest BCUT2D eigenvalue weighted by Crippen LogP contribution is -2.52. The van der Waals surface area contributed by atoms with Crippen LogP contribution in [0.4, 0.5) is 13.2 Å². The van der Waals surface area contributed by atoms with Crippen LogP contribution in [0.15, 0.2) is 30.3 Å². The molecule has 4 nitrogen and oxygen atoms in total. The van der Waals surface area contributed by atoms with Crippen molar-refractivity contribution in [2.45, 2.75) is 57.0 Å². The summed E-state index contributed by atoms with van der Waals surface area (Å²) in [5.74, 6) is 0.576. The summed E-state index contributed by atoms with van der Waals surface area (Å²) in [6, 6.07) is 9.94. The van der Waals surface area contributed by atoms with Crippen LogP contribution in [-0.2, 0) is 16.1 Å². The summed E-state index contributed by atoms with van der Waals surface area (Å²) in [7, 11) is 0. The Balaban J connectivity index is 1.31. The summed E-state index contributed by atoms with van der Waals surface area (Å²) in [6.07, 6.45) is 0.482. The Kier molecular flexibility index (Phi) is 6.16. The average Bonchev–Trinajstić information content (AvgIpc) is 3.29. The number of nitrogens with zero attached hydrogens (tertiary/aromatic N) is 1. The van der Waals surface area contributed by atoms with E-state index in [1.165, 1.54) is 4.90 Å². The first kappa shape index (κ1) is 20.7. The third-order valence-corrected chi connectivity index (χ3v) is 6.83. The lowest BCUT2D eigenvalue weighted by molar-refractivity contribution is -0.153. The first-order valence-corrected chi connectivity index (χ1v) is 10.6. The molecule has 29 heavy (non-hydrogen) atoms. The molecule has 3 aliphatic rings. The number of carbonyl (C=O) groups is 1. The molecule has 2 saturated carbocycles. The van der Waals surface area contributed by atoms with Gasteiger partial charge in [0.25, 0.3) is 0 Å². The van der Waals surface area contributed by atoms with E-state index in [0.717, 1.165) is 24.8 Å². The second-order valence-corrected chi connectivity index (χ2v) is 8.81. The van der Waals surface area contributed by atoms with E-state index in [1.54, 1.807) is 0 Å². The highest BCUT2D eigenvalue weighted by molar-refractivity contribution is 5.74. The molecule has 4 atom stereocenters.